The van der Waals surface area contributed by atoms with Crippen molar-refractivity contribution in [1.29, 1.82) is 0 Å². The summed E-state index contributed by atoms with van der Waals surface area (Å²) in [7, 11) is -3.51. The second-order valence-corrected chi connectivity index (χ2v) is 10.9. The average molecular weight is 494 g/mol. The zero-order valence-electron chi connectivity index (χ0n) is 19.4. The van der Waals surface area contributed by atoms with E-state index in [1.165, 1.54) is 6.08 Å². The summed E-state index contributed by atoms with van der Waals surface area (Å²) in [6, 6.07) is 11.5. The first kappa shape index (κ1) is 23.5. The summed E-state index contributed by atoms with van der Waals surface area (Å²) >= 11 is 0. The molecule has 0 bridgehead atoms. The zero-order chi connectivity index (χ0) is 24.4. The molecule has 0 radical (unpaired) electrons. The monoisotopic (exact) mass is 493 g/mol. The molecule has 8 heteroatoms. The molecule has 2 aliphatic rings. The molecule has 2 aromatic carbocycles. The van der Waals surface area contributed by atoms with Crippen molar-refractivity contribution in [3.63, 3.8) is 0 Å². The van der Waals surface area contributed by atoms with Gasteiger partial charge in [-0.15, -0.1) is 0 Å². The Balaban J connectivity index is 1.26. The topological polar surface area (TPSA) is 93.9 Å². The number of ether oxygens (including phenoxy) is 1. The van der Waals surface area contributed by atoms with Crippen molar-refractivity contribution in [2.75, 3.05) is 13.1 Å². The second kappa shape index (κ2) is 9.79. The Morgan fingerprint density at radius 3 is 2.37 bits per heavy atom. The van der Waals surface area contributed by atoms with E-state index >= 15 is 0 Å². The van der Waals surface area contributed by atoms with E-state index < -0.39 is 16.0 Å². The number of carbonyl (C=O) groups excluding carboxylic acids is 1. The van der Waals surface area contributed by atoms with E-state index in [9.17, 15) is 18.0 Å². The largest absolute Gasteiger partial charge is 0.423 e. The smallest absolute Gasteiger partial charge is 0.339 e. The van der Waals surface area contributed by atoms with E-state index in [0.29, 0.717) is 24.2 Å². The molecule has 1 aliphatic carbocycles. The van der Waals surface area contributed by atoms with Crippen LogP contribution in [0.3, 0.4) is 0 Å². The van der Waals surface area contributed by atoms with Gasteiger partial charge < -0.3 is 9.15 Å². The molecule has 1 aliphatic heterocycles. The summed E-state index contributed by atoms with van der Waals surface area (Å²) in [6.45, 7) is 1.10. The minimum absolute atomic E-state index is 0.253. The van der Waals surface area contributed by atoms with Gasteiger partial charge in [-0.05, 0) is 73.6 Å². The van der Waals surface area contributed by atoms with Crippen molar-refractivity contribution >= 4 is 33.0 Å². The molecule has 0 N–H and O–H groups in total. The van der Waals surface area contributed by atoms with Crippen LogP contribution in [0.15, 0.2) is 62.6 Å². The Labute approximate surface area is 204 Å². The first-order valence-electron chi connectivity index (χ1n) is 12.0. The lowest BCUT2D eigenvalue weighted by Gasteiger charge is -2.19. The standard InChI is InChI=1S/C27H27NO6S/c29-26(33-20-11-14-23-22-6-5-7-24(22)27(30)34-25(23)18-20)15-10-19-8-12-21(13-9-19)35(31,32)28-16-3-1-2-4-17-28/h8-15,18H,1-7,16-17H2/b15-10+. The Morgan fingerprint density at radius 1 is 0.914 bits per heavy atom. The lowest BCUT2D eigenvalue weighted by molar-refractivity contribution is -0.128. The van der Waals surface area contributed by atoms with Crippen LogP contribution < -0.4 is 10.4 Å². The summed E-state index contributed by atoms with van der Waals surface area (Å²) in [5, 5.41) is 0.877. The molecule has 0 saturated carbocycles. The van der Waals surface area contributed by atoms with Crippen LogP contribution in [0.25, 0.3) is 17.0 Å². The Kier molecular flexibility index (Phi) is 6.58. The van der Waals surface area contributed by atoms with Crippen molar-refractivity contribution in [2.24, 2.45) is 0 Å². The predicted octanol–water partition coefficient (Wildman–Crippen LogP) is 4.47. The summed E-state index contributed by atoms with van der Waals surface area (Å²) in [5.41, 5.74) is 2.53. The van der Waals surface area contributed by atoms with E-state index in [2.05, 4.69) is 0 Å². The molecule has 35 heavy (non-hydrogen) atoms. The fourth-order valence-electron chi connectivity index (χ4n) is 4.82. The first-order valence-corrected chi connectivity index (χ1v) is 13.4. The van der Waals surface area contributed by atoms with Crippen molar-refractivity contribution < 1.29 is 22.4 Å². The summed E-state index contributed by atoms with van der Waals surface area (Å²) in [6.07, 6.45) is 9.24. The lowest BCUT2D eigenvalue weighted by atomic mass is 10.1. The van der Waals surface area contributed by atoms with Crippen LogP contribution >= 0.6 is 0 Å². The highest BCUT2D eigenvalue weighted by Gasteiger charge is 2.25. The average Bonchev–Trinajstić information content (AvgIpc) is 3.18. The van der Waals surface area contributed by atoms with E-state index in [1.807, 2.05) is 6.07 Å². The molecule has 0 unspecified atom stereocenters. The van der Waals surface area contributed by atoms with E-state index in [0.717, 1.165) is 61.5 Å². The number of rotatable bonds is 5. The van der Waals surface area contributed by atoms with E-state index in [1.54, 1.807) is 46.8 Å². The maximum Gasteiger partial charge on any atom is 0.339 e. The van der Waals surface area contributed by atoms with E-state index in [4.69, 9.17) is 9.15 Å². The molecular weight excluding hydrogens is 466 g/mol. The van der Waals surface area contributed by atoms with Gasteiger partial charge in [0.2, 0.25) is 10.0 Å². The minimum Gasteiger partial charge on any atom is -0.423 e. The van der Waals surface area contributed by atoms with Gasteiger partial charge in [0.1, 0.15) is 11.3 Å². The Bertz CT molecular complexity index is 1450. The fourth-order valence-corrected chi connectivity index (χ4v) is 6.34. The first-order chi connectivity index (χ1) is 16.9. The van der Waals surface area contributed by atoms with Crippen molar-refractivity contribution in [3.05, 3.63) is 75.7 Å². The number of esters is 1. The highest BCUT2D eigenvalue weighted by atomic mass is 32.2. The summed E-state index contributed by atoms with van der Waals surface area (Å²) < 4.78 is 38.2. The number of hydrogen-bond acceptors (Lipinski definition) is 6. The number of nitrogens with zero attached hydrogens (tertiary/aromatic N) is 1. The summed E-state index contributed by atoms with van der Waals surface area (Å²) in [4.78, 5) is 24.8. The maximum atomic E-state index is 12.9. The van der Waals surface area contributed by atoms with Crippen LogP contribution in [0.2, 0.25) is 0 Å². The molecule has 7 nitrogen and oxygen atoms in total. The third kappa shape index (κ3) is 4.94. The predicted molar refractivity (Wildman–Crippen MR) is 133 cm³/mol. The molecule has 1 aromatic heterocycles. The molecule has 3 aromatic rings. The Hall–Kier alpha value is -3.23. The number of benzene rings is 2. The van der Waals surface area contributed by atoms with Crippen molar-refractivity contribution in [2.45, 2.75) is 49.8 Å². The number of aryl methyl sites for hydroxylation is 1. The quantitative estimate of drug-likeness (QED) is 0.225. The van der Waals surface area contributed by atoms with Crippen molar-refractivity contribution in [3.8, 4) is 5.75 Å². The van der Waals surface area contributed by atoms with Crippen LogP contribution in [0.1, 0.15) is 48.8 Å². The number of sulfonamides is 1. The molecule has 1 saturated heterocycles. The molecular formula is C27H27NO6S. The fraction of sp³-hybridized carbons (Fsp3) is 0.333. The SMILES string of the molecule is O=C(/C=C/c1ccc(S(=O)(=O)N2CCCCCC2)cc1)Oc1ccc2c3c(c(=O)oc2c1)CCC3. The molecule has 0 amide bonds. The zero-order valence-corrected chi connectivity index (χ0v) is 20.2. The van der Waals surface area contributed by atoms with Gasteiger partial charge in [-0.2, -0.15) is 4.31 Å². The third-order valence-electron chi connectivity index (χ3n) is 6.66. The highest BCUT2D eigenvalue weighted by Crippen LogP contribution is 2.29. The Morgan fingerprint density at radius 2 is 1.63 bits per heavy atom. The van der Waals surface area contributed by atoms with Gasteiger partial charge in [0.05, 0.1) is 4.90 Å². The molecule has 0 atom stereocenters. The number of fused-ring (bicyclic) bond motifs is 3. The van der Waals surface area contributed by atoms with Gasteiger partial charge in [0.15, 0.2) is 0 Å². The highest BCUT2D eigenvalue weighted by molar-refractivity contribution is 7.89. The van der Waals surface area contributed by atoms with E-state index in [-0.39, 0.29) is 16.3 Å². The molecule has 1 fully saturated rings. The lowest BCUT2D eigenvalue weighted by Crippen LogP contribution is -2.31. The second-order valence-electron chi connectivity index (χ2n) is 9.00. The van der Waals surface area contributed by atoms with Crippen LogP contribution in [0.5, 0.6) is 5.75 Å². The minimum atomic E-state index is -3.51. The van der Waals surface area contributed by atoms with Gasteiger partial charge in [0.25, 0.3) is 0 Å². The van der Waals surface area contributed by atoms with Crippen LogP contribution in [0, 0.1) is 0 Å². The summed E-state index contributed by atoms with van der Waals surface area (Å²) in [5.74, 6) is -0.304. The van der Waals surface area contributed by atoms with Crippen LogP contribution in [-0.2, 0) is 27.7 Å². The van der Waals surface area contributed by atoms with Crippen molar-refractivity contribution in [1.82, 2.24) is 4.31 Å². The number of carbonyl (C=O) groups is 1. The van der Waals surface area contributed by atoms with Crippen LogP contribution in [-0.4, -0.2) is 31.8 Å². The number of hydrogen-bond donors (Lipinski definition) is 0. The van der Waals surface area contributed by atoms with Gasteiger partial charge in [-0.1, -0.05) is 25.0 Å². The molecule has 182 valence electrons. The maximum absolute atomic E-state index is 12.9. The molecule has 0 spiro atoms. The molecule has 5 rings (SSSR count). The van der Waals surface area contributed by atoms with Gasteiger partial charge in [-0.3, -0.25) is 0 Å². The van der Waals surface area contributed by atoms with Gasteiger partial charge in [0, 0.05) is 36.2 Å². The normalized spacial score (nSPS) is 16.9. The van der Waals surface area contributed by atoms with Crippen LogP contribution in [0.4, 0.5) is 0 Å². The van der Waals surface area contributed by atoms with Gasteiger partial charge >= 0.3 is 11.6 Å². The van der Waals surface area contributed by atoms with Gasteiger partial charge in [-0.25, -0.2) is 18.0 Å². The molecule has 2 heterocycles. The third-order valence-corrected chi connectivity index (χ3v) is 8.57.